The molecule has 7 heteroatoms. The Labute approximate surface area is 147 Å². The molecule has 0 bridgehead atoms. The standard InChI is InChI=1S/C18H24N4O3/c23-18(12-21-8-4-5-9-21)13-22(10-11-24-14-18)17-19-16(20-25-17)15-6-2-1-3-7-15/h1-3,6-7,23H,4-5,8-14H2/t18-/m0/s1. The summed E-state index contributed by atoms with van der Waals surface area (Å²) in [5.74, 6) is 0.559. The van der Waals surface area contributed by atoms with Gasteiger partial charge in [0, 0.05) is 18.7 Å². The van der Waals surface area contributed by atoms with E-state index in [0.717, 1.165) is 18.7 Å². The molecule has 7 nitrogen and oxygen atoms in total. The molecule has 0 saturated carbocycles. The monoisotopic (exact) mass is 344 g/mol. The van der Waals surface area contributed by atoms with Crippen LogP contribution in [0.1, 0.15) is 12.8 Å². The van der Waals surface area contributed by atoms with Crippen LogP contribution in [0.5, 0.6) is 0 Å². The highest BCUT2D eigenvalue weighted by Gasteiger charge is 2.36. The predicted molar refractivity (Wildman–Crippen MR) is 93.4 cm³/mol. The molecule has 2 aliphatic heterocycles. The molecular weight excluding hydrogens is 320 g/mol. The number of aliphatic hydroxyl groups is 1. The van der Waals surface area contributed by atoms with Gasteiger partial charge in [-0.15, -0.1) is 0 Å². The molecule has 2 aromatic rings. The first-order chi connectivity index (χ1) is 12.2. The fourth-order valence-electron chi connectivity index (χ4n) is 3.58. The zero-order valence-corrected chi connectivity index (χ0v) is 14.3. The van der Waals surface area contributed by atoms with E-state index in [1.165, 1.54) is 12.8 Å². The molecule has 3 heterocycles. The van der Waals surface area contributed by atoms with Gasteiger partial charge in [0.05, 0.1) is 19.8 Å². The lowest BCUT2D eigenvalue weighted by Crippen LogP contribution is -2.52. The minimum atomic E-state index is -0.928. The average Bonchev–Trinajstić information content (AvgIpc) is 3.27. The molecule has 2 aliphatic rings. The van der Waals surface area contributed by atoms with E-state index in [9.17, 15) is 5.11 Å². The summed E-state index contributed by atoms with van der Waals surface area (Å²) in [5, 5.41) is 15.2. The van der Waals surface area contributed by atoms with Crippen LogP contribution in [0.2, 0.25) is 0 Å². The fraction of sp³-hybridized carbons (Fsp3) is 0.556. The number of likely N-dealkylation sites (tertiary alicyclic amines) is 1. The highest BCUT2D eigenvalue weighted by molar-refractivity contribution is 5.55. The van der Waals surface area contributed by atoms with Gasteiger partial charge in [0.15, 0.2) is 0 Å². The van der Waals surface area contributed by atoms with Crippen LogP contribution in [-0.2, 0) is 4.74 Å². The molecule has 0 radical (unpaired) electrons. The Kier molecular flexibility index (Phi) is 4.70. The average molecular weight is 344 g/mol. The third-order valence-corrected chi connectivity index (χ3v) is 4.80. The van der Waals surface area contributed by atoms with E-state index in [1.807, 2.05) is 35.2 Å². The molecule has 1 aromatic carbocycles. The topological polar surface area (TPSA) is 74.9 Å². The first kappa shape index (κ1) is 16.5. The van der Waals surface area contributed by atoms with E-state index in [-0.39, 0.29) is 0 Å². The van der Waals surface area contributed by atoms with E-state index in [0.29, 0.717) is 44.7 Å². The molecule has 0 unspecified atom stereocenters. The lowest BCUT2D eigenvalue weighted by molar-refractivity contribution is -0.0441. The molecule has 2 fully saturated rings. The summed E-state index contributed by atoms with van der Waals surface area (Å²) in [6.45, 7) is 4.62. The summed E-state index contributed by atoms with van der Waals surface area (Å²) in [7, 11) is 0. The molecule has 0 spiro atoms. The maximum atomic E-state index is 11.1. The minimum absolute atomic E-state index is 0.333. The summed E-state index contributed by atoms with van der Waals surface area (Å²) >= 11 is 0. The Bertz CT molecular complexity index is 687. The second kappa shape index (κ2) is 7.11. The molecule has 0 amide bonds. The van der Waals surface area contributed by atoms with Crippen LogP contribution in [0.3, 0.4) is 0 Å². The second-order valence-electron chi connectivity index (χ2n) is 6.95. The van der Waals surface area contributed by atoms with Crippen molar-refractivity contribution < 1.29 is 14.4 Å². The summed E-state index contributed by atoms with van der Waals surface area (Å²) in [6, 6.07) is 10.2. The van der Waals surface area contributed by atoms with Crippen LogP contribution in [0.25, 0.3) is 11.4 Å². The van der Waals surface area contributed by atoms with Gasteiger partial charge in [0.2, 0.25) is 5.82 Å². The molecule has 0 aliphatic carbocycles. The molecular formula is C18H24N4O3. The van der Waals surface area contributed by atoms with Crippen LogP contribution in [0.4, 0.5) is 6.01 Å². The van der Waals surface area contributed by atoms with Crippen molar-refractivity contribution in [2.75, 3.05) is 50.8 Å². The maximum Gasteiger partial charge on any atom is 0.324 e. The molecule has 1 N–H and O–H groups in total. The number of nitrogens with zero attached hydrogens (tertiary/aromatic N) is 4. The van der Waals surface area contributed by atoms with Crippen molar-refractivity contribution in [3.8, 4) is 11.4 Å². The highest BCUT2D eigenvalue weighted by Crippen LogP contribution is 2.24. The molecule has 25 heavy (non-hydrogen) atoms. The molecule has 4 rings (SSSR count). The SMILES string of the molecule is O[C@]1(CN2CCCC2)COCCN(c2nc(-c3ccccc3)no2)C1. The van der Waals surface area contributed by atoms with Crippen molar-refractivity contribution in [1.82, 2.24) is 15.0 Å². The number of hydrogen-bond donors (Lipinski definition) is 1. The van der Waals surface area contributed by atoms with Crippen LogP contribution >= 0.6 is 0 Å². The van der Waals surface area contributed by atoms with Crippen molar-refractivity contribution >= 4 is 6.01 Å². The predicted octanol–water partition coefficient (Wildman–Crippen LogP) is 1.40. The third kappa shape index (κ3) is 3.84. The smallest absolute Gasteiger partial charge is 0.324 e. The Hall–Kier alpha value is -1.96. The molecule has 2 saturated heterocycles. The molecule has 1 aromatic heterocycles. The first-order valence-corrected chi connectivity index (χ1v) is 8.88. The normalized spacial score (nSPS) is 25.2. The Morgan fingerprint density at radius 1 is 1.12 bits per heavy atom. The number of rotatable bonds is 4. The van der Waals surface area contributed by atoms with Gasteiger partial charge in [0.25, 0.3) is 0 Å². The largest absolute Gasteiger partial charge is 0.384 e. The maximum absolute atomic E-state index is 11.1. The first-order valence-electron chi connectivity index (χ1n) is 8.88. The van der Waals surface area contributed by atoms with Gasteiger partial charge < -0.3 is 24.2 Å². The zero-order chi connectivity index (χ0) is 17.1. The summed E-state index contributed by atoms with van der Waals surface area (Å²) < 4.78 is 11.1. The van der Waals surface area contributed by atoms with Gasteiger partial charge >= 0.3 is 6.01 Å². The summed E-state index contributed by atoms with van der Waals surface area (Å²) in [6.07, 6.45) is 2.40. The number of anilines is 1. The molecule has 134 valence electrons. The number of β-amino-alcohol motifs (C(OH)–C–C–N with tert-alkyl or cyclic N) is 1. The van der Waals surface area contributed by atoms with Crippen molar-refractivity contribution in [2.45, 2.75) is 18.4 Å². The number of aromatic nitrogens is 2. The van der Waals surface area contributed by atoms with Crippen LogP contribution in [0.15, 0.2) is 34.9 Å². The second-order valence-corrected chi connectivity index (χ2v) is 6.95. The number of benzene rings is 1. The van der Waals surface area contributed by atoms with Crippen molar-refractivity contribution in [3.63, 3.8) is 0 Å². The lowest BCUT2D eigenvalue weighted by Gasteiger charge is -2.33. The van der Waals surface area contributed by atoms with E-state index in [2.05, 4.69) is 15.0 Å². The van der Waals surface area contributed by atoms with Gasteiger partial charge in [-0.3, -0.25) is 0 Å². The summed E-state index contributed by atoms with van der Waals surface area (Å²) in [4.78, 5) is 8.75. The van der Waals surface area contributed by atoms with E-state index in [1.54, 1.807) is 0 Å². The number of ether oxygens (including phenoxy) is 1. The highest BCUT2D eigenvalue weighted by atomic mass is 16.5. The van der Waals surface area contributed by atoms with Gasteiger partial charge in [0.1, 0.15) is 5.60 Å². The van der Waals surface area contributed by atoms with Crippen LogP contribution < -0.4 is 4.90 Å². The third-order valence-electron chi connectivity index (χ3n) is 4.80. The van der Waals surface area contributed by atoms with Gasteiger partial charge in [-0.05, 0) is 25.9 Å². The van der Waals surface area contributed by atoms with Crippen LogP contribution in [-0.4, -0.2) is 71.7 Å². The van der Waals surface area contributed by atoms with Gasteiger partial charge in [-0.25, -0.2) is 0 Å². The van der Waals surface area contributed by atoms with Gasteiger partial charge in [-0.2, -0.15) is 4.98 Å². The Balaban J connectivity index is 1.50. The van der Waals surface area contributed by atoms with Crippen molar-refractivity contribution in [3.05, 3.63) is 30.3 Å². The number of hydrogen-bond acceptors (Lipinski definition) is 7. The van der Waals surface area contributed by atoms with Gasteiger partial charge in [-0.1, -0.05) is 35.5 Å². The van der Waals surface area contributed by atoms with E-state index < -0.39 is 5.60 Å². The fourth-order valence-corrected chi connectivity index (χ4v) is 3.58. The van der Waals surface area contributed by atoms with Crippen molar-refractivity contribution in [1.29, 1.82) is 0 Å². The molecule has 1 atom stereocenters. The quantitative estimate of drug-likeness (QED) is 0.898. The van der Waals surface area contributed by atoms with Crippen molar-refractivity contribution in [2.24, 2.45) is 0 Å². The zero-order valence-electron chi connectivity index (χ0n) is 14.3. The Morgan fingerprint density at radius 2 is 1.92 bits per heavy atom. The van der Waals surface area contributed by atoms with E-state index in [4.69, 9.17) is 9.26 Å². The lowest BCUT2D eigenvalue weighted by atomic mass is 10.0. The minimum Gasteiger partial charge on any atom is -0.384 e. The van der Waals surface area contributed by atoms with Crippen LogP contribution in [0, 0.1) is 0 Å². The Morgan fingerprint density at radius 3 is 2.72 bits per heavy atom. The summed E-state index contributed by atoms with van der Waals surface area (Å²) in [5.41, 5.74) is -0.0155. The van der Waals surface area contributed by atoms with E-state index >= 15 is 0 Å².